The fourth-order valence-electron chi connectivity index (χ4n) is 3.15. The number of nitrogens with one attached hydrogen (secondary N) is 2. The number of rotatable bonds is 9. The van der Waals surface area contributed by atoms with Crippen molar-refractivity contribution in [2.75, 3.05) is 13.1 Å². The molecule has 0 radical (unpaired) electrons. The molecule has 1 aliphatic heterocycles. The number of nitrogens with zero attached hydrogens (tertiary/aromatic N) is 1. The summed E-state index contributed by atoms with van der Waals surface area (Å²) in [7, 11) is 0. The number of hydrogen-bond donors (Lipinski definition) is 4. The van der Waals surface area contributed by atoms with Crippen LogP contribution in [0.5, 0.6) is 0 Å². The van der Waals surface area contributed by atoms with Crippen LogP contribution < -0.4 is 16.4 Å². The number of likely N-dealkylation sites (tertiary alicyclic amines) is 1. The highest BCUT2D eigenvalue weighted by atomic mass is 16.4. The highest BCUT2D eigenvalue weighted by Crippen LogP contribution is 2.18. The summed E-state index contributed by atoms with van der Waals surface area (Å²) >= 11 is 0. The summed E-state index contributed by atoms with van der Waals surface area (Å²) in [6.45, 7) is 3.89. The Hall–Kier alpha value is -3.43. The maximum absolute atomic E-state index is 12.2. The number of carboxylic acids is 1. The number of aryl methyl sites for hydroxylation is 1. The minimum atomic E-state index is -1.29. The summed E-state index contributed by atoms with van der Waals surface area (Å²) in [5.41, 5.74) is 6.28. The minimum Gasteiger partial charge on any atom is -0.480 e. The van der Waals surface area contributed by atoms with Gasteiger partial charge in [0, 0.05) is 19.4 Å². The van der Waals surface area contributed by atoms with E-state index in [2.05, 4.69) is 29.7 Å². The molecule has 5 N–H and O–H groups in total. The molecule has 1 heterocycles. The average Bonchev–Trinajstić information content (AvgIpc) is 3.25. The molecule has 0 saturated carbocycles. The van der Waals surface area contributed by atoms with Crippen molar-refractivity contribution in [3.8, 4) is 0 Å². The maximum Gasteiger partial charge on any atom is 0.326 e. The quantitative estimate of drug-likeness (QED) is 0.426. The number of carboxylic acid groups (broad SMARTS) is 1. The van der Waals surface area contributed by atoms with E-state index in [9.17, 15) is 24.0 Å². The smallest absolute Gasteiger partial charge is 0.326 e. The van der Waals surface area contributed by atoms with Gasteiger partial charge in [0.2, 0.25) is 23.6 Å². The van der Waals surface area contributed by atoms with Crippen molar-refractivity contribution in [2.45, 2.75) is 58.0 Å². The zero-order valence-corrected chi connectivity index (χ0v) is 18.5. The van der Waals surface area contributed by atoms with E-state index in [0.717, 1.165) is 0 Å². The van der Waals surface area contributed by atoms with E-state index in [1.165, 1.54) is 10.5 Å². The molecule has 1 aromatic rings. The summed E-state index contributed by atoms with van der Waals surface area (Å²) < 4.78 is 0. The van der Waals surface area contributed by atoms with E-state index in [1.807, 2.05) is 18.2 Å². The minimum absolute atomic E-state index is 0.125. The molecule has 0 spiro atoms. The third-order valence-electron chi connectivity index (χ3n) is 4.85. The molecule has 0 bridgehead atoms. The number of aliphatic carboxylic acids is 1. The lowest BCUT2D eigenvalue weighted by Gasteiger charge is -2.23. The van der Waals surface area contributed by atoms with Crippen molar-refractivity contribution in [2.24, 2.45) is 5.73 Å². The molecular formula is C22H32N4O6. The van der Waals surface area contributed by atoms with Gasteiger partial charge in [-0.1, -0.05) is 42.8 Å². The van der Waals surface area contributed by atoms with Gasteiger partial charge in [0.25, 0.3) is 0 Å². The average molecular weight is 449 g/mol. The molecule has 1 fully saturated rings. The number of nitrogens with two attached hydrogens (primary N) is 1. The molecule has 0 aromatic heterocycles. The molecule has 1 aliphatic rings. The van der Waals surface area contributed by atoms with Crippen LogP contribution in [-0.2, 0) is 24.0 Å². The fourth-order valence-corrected chi connectivity index (χ4v) is 3.15. The Morgan fingerprint density at radius 3 is 2.34 bits per heavy atom. The van der Waals surface area contributed by atoms with Gasteiger partial charge in [-0.2, -0.15) is 0 Å². The second-order valence-electron chi connectivity index (χ2n) is 7.43. The number of carbonyl (C=O) groups is 5. The van der Waals surface area contributed by atoms with Gasteiger partial charge < -0.3 is 26.4 Å². The predicted molar refractivity (Wildman–Crippen MR) is 117 cm³/mol. The second-order valence-corrected chi connectivity index (χ2v) is 7.43. The van der Waals surface area contributed by atoms with Gasteiger partial charge in [-0.15, -0.1) is 0 Å². The number of carbonyl (C=O) groups excluding carboxylic acids is 4. The van der Waals surface area contributed by atoms with Gasteiger partial charge in [0.15, 0.2) is 0 Å². The summed E-state index contributed by atoms with van der Waals surface area (Å²) in [5.74, 6) is -3.23. The molecule has 2 atom stereocenters. The van der Waals surface area contributed by atoms with Crippen LogP contribution in [0, 0.1) is 6.92 Å². The standard InChI is InChI=1S/C15H24N4O6.C7H8/c1-2-13(22)19-7-3-4-10(19)14(23)17-8-12(21)18-9(15(24)25)5-6-11(16)20;1-7-5-3-2-4-6-7/h9-10H,2-8H2,1H3,(H2,16,20)(H,17,23)(H,18,21)(H,24,25);2-6H,1H3. The fraction of sp³-hybridized carbons (Fsp3) is 0.500. The first-order valence-electron chi connectivity index (χ1n) is 10.5. The molecule has 4 amide bonds. The Labute approximate surface area is 187 Å². The van der Waals surface area contributed by atoms with Crippen LogP contribution >= 0.6 is 0 Å². The van der Waals surface area contributed by atoms with Gasteiger partial charge in [0.05, 0.1) is 6.54 Å². The van der Waals surface area contributed by atoms with Gasteiger partial charge in [0.1, 0.15) is 12.1 Å². The normalized spacial score (nSPS) is 15.7. The van der Waals surface area contributed by atoms with Crippen molar-refractivity contribution in [3.05, 3.63) is 35.9 Å². The van der Waals surface area contributed by atoms with Crippen LogP contribution in [0.25, 0.3) is 0 Å². The second kappa shape index (κ2) is 13.8. The summed E-state index contributed by atoms with van der Waals surface area (Å²) in [5, 5.41) is 13.6. The predicted octanol–water partition coefficient (Wildman–Crippen LogP) is 0.334. The molecule has 32 heavy (non-hydrogen) atoms. The van der Waals surface area contributed by atoms with E-state index in [4.69, 9.17) is 10.8 Å². The molecule has 176 valence electrons. The Bertz CT molecular complexity index is 799. The first-order valence-corrected chi connectivity index (χ1v) is 10.5. The zero-order chi connectivity index (χ0) is 24.1. The van der Waals surface area contributed by atoms with Crippen LogP contribution in [0.2, 0.25) is 0 Å². The highest BCUT2D eigenvalue weighted by Gasteiger charge is 2.33. The van der Waals surface area contributed by atoms with E-state index >= 15 is 0 Å². The molecule has 0 aliphatic carbocycles. The molecule has 1 aromatic carbocycles. The molecule has 2 unspecified atom stereocenters. The molecule has 10 heteroatoms. The topological polar surface area (TPSA) is 159 Å². The van der Waals surface area contributed by atoms with Gasteiger partial charge in [-0.25, -0.2) is 4.79 Å². The number of hydrogen-bond acceptors (Lipinski definition) is 5. The SMILES string of the molecule is CCC(=O)N1CCCC1C(=O)NCC(=O)NC(CCC(N)=O)C(=O)O.Cc1ccccc1. The first-order chi connectivity index (χ1) is 15.1. The third kappa shape index (κ3) is 9.59. The molecule has 1 saturated heterocycles. The van der Waals surface area contributed by atoms with E-state index in [1.54, 1.807) is 6.92 Å². The van der Waals surface area contributed by atoms with Crippen molar-refractivity contribution in [3.63, 3.8) is 0 Å². The lowest BCUT2D eigenvalue weighted by atomic mass is 10.1. The van der Waals surface area contributed by atoms with Crippen molar-refractivity contribution in [1.29, 1.82) is 0 Å². The number of primary amides is 1. The Morgan fingerprint density at radius 2 is 1.84 bits per heavy atom. The highest BCUT2D eigenvalue weighted by molar-refractivity contribution is 5.92. The largest absolute Gasteiger partial charge is 0.480 e. The first kappa shape index (κ1) is 26.6. The van der Waals surface area contributed by atoms with E-state index in [-0.39, 0.29) is 18.7 Å². The summed E-state index contributed by atoms with van der Waals surface area (Å²) in [4.78, 5) is 59.0. The Morgan fingerprint density at radius 1 is 1.19 bits per heavy atom. The third-order valence-corrected chi connectivity index (χ3v) is 4.85. The van der Waals surface area contributed by atoms with Crippen molar-refractivity contribution in [1.82, 2.24) is 15.5 Å². The zero-order valence-electron chi connectivity index (χ0n) is 18.5. The van der Waals surface area contributed by atoms with Crippen LogP contribution in [0.15, 0.2) is 30.3 Å². The van der Waals surface area contributed by atoms with Crippen molar-refractivity contribution < 1.29 is 29.1 Å². The Kier molecular flexibility index (Phi) is 11.5. The summed E-state index contributed by atoms with van der Waals surface area (Å²) in [6, 6.07) is 8.39. The number of benzene rings is 1. The summed E-state index contributed by atoms with van der Waals surface area (Å²) in [6.07, 6.45) is 1.22. The van der Waals surface area contributed by atoms with Crippen LogP contribution in [0.4, 0.5) is 0 Å². The molecule has 2 rings (SSSR count). The van der Waals surface area contributed by atoms with Gasteiger partial charge in [-0.05, 0) is 26.2 Å². The monoisotopic (exact) mass is 448 g/mol. The number of amides is 4. The molecule has 10 nitrogen and oxygen atoms in total. The van der Waals surface area contributed by atoms with Crippen molar-refractivity contribution >= 4 is 29.6 Å². The lowest BCUT2D eigenvalue weighted by molar-refractivity contribution is -0.142. The van der Waals surface area contributed by atoms with Crippen LogP contribution in [0.3, 0.4) is 0 Å². The van der Waals surface area contributed by atoms with Crippen LogP contribution in [-0.4, -0.2) is 64.8 Å². The van der Waals surface area contributed by atoms with Gasteiger partial charge in [-0.3, -0.25) is 19.2 Å². The maximum atomic E-state index is 12.2. The van der Waals surface area contributed by atoms with Gasteiger partial charge >= 0.3 is 5.97 Å². The Balaban J connectivity index is 0.000000616. The van der Waals surface area contributed by atoms with E-state index in [0.29, 0.717) is 25.8 Å². The van der Waals surface area contributed by atoms with E-state index < -0.39 is 42.3 Å². The van der Waals surface area contributed by atoms with Crippen LogP contribution in [0.1, 0.15) is 44.6 Å². The molecular weight excluding hydrogens is 416 g/mol. The lowest BCUT2D eigenvalue weighted by Crippen LogP contribution is -2.50.